The lowest BCUT2D eigenvalue weighted by molar-refractivity contribution is 0.102. The predicted octanol–water partition coefficient (Wildman–Crippen LogP) is 3.19. The topological polar surface area (TPSA) is 54.0 Å². The number of nitrogens with zero attached hydrogens (tertiary/aromatic N) is 1. The van der Waals surface area contributed by atoms with E-state index < -0.39 is 0 Å². The number of carbonyl (C=O) groups excluding carboxylic acids is 1. The van der Waals surface area contributed by atoms with Gasteiger partial charge < -0.3 is 10.6 Å². The van der Waals surface area contributed by atoms with Crippen molar-refractivity contribution in [2.24, 2.45) is 5.92 Å². The minimum absolute atomic E-state index is 0.0806. The predicted molar refractivity (Wildman–Crippen MR) is 90.5 cm³/mol. The molecule has 4 nitrogen and oxygen atoms in total. The molecule has 0 unspecified atom stereocenters. The van der Waals surface area contributed by atoms with Crippen LogP contribution >= 0.6 is 0 Å². The third-order valence-electron chi connectivity index (χ3n) is 4.65. The first-order valence-corrected chi connectivity index (χ1v) is 8.34. The van der Waals surface area contributed by atoms with Crippen molar-refractivity contribution < 1.29 is 4.79 Å². The van der Waals surface area contributed by atoms with Crippen LogP contribution in [0.15, 0.2) is 48.8 Å². The van der Waals surface area contributed by atoms with Gasteiger partial charge in [-0.3, -0.25) is 9.78 Å². The third kappa shape index (κ3) is 3.59. The van der Waals surface area contributed by atoms with Gasteiger partial charge in [-0.15, -0.1) is 0 Å². The SMILES string of the molecule is O=C(Nc1cccnc1)c1cccc([C@@H]2C[C@H]2NCC2CC2)c1. The second kappa shape index (κ2) is 6.13. The zero-order valence-corrected chi connectivity index (χ0v) is 13.0. The summed E-state index contributed by atoms with van der Waals surface area (Å²) in [5.41, 5.74) is 2.69. The van der Waals surface area contributed by atoms with Gasteiger partial charge in [0.1, 0.15) is 0 Å². The zero-order valence-electron chi connectivity index (χ0n) is 13.0. The van der Waals surface area contributed by atoms with Crippen LogP contribution in [0.25, 0.3) is 0 Å². The molecule has 0 aliphatic heterocycles. The first-order chi connectivity index (χ1) is 11.3. The molecule has 0 spiro atoms. The number of carbonyl (C=O) groups is 1. The first-order valence-electron chi connectivity index (χ1n) is 8.34. The molecule has 1 heterocycles. The Morgan fingerprint density at radius 1 is 1.22 bits per heavy atom. The van der Waals surface area contributed by atoms with E-state index in [2.05, 4.69) is 21.7 Å². The molecule has 2 fully saturated rings. The number of rotatable bonds is 6. The van der Waals surface area contributed by atoms with Crippen LogP contribution in [0.4, 0.5) is 5.69 Å². The van der Waals surface area contributed by atoms with E-state index in [1.807, 2.05) is 30.3 Å². The molecule has 4 heteroatoms. The number of hydrogen-bond acceptors (Lipinski definition) is 3. The van der Waals surface area contributed by atoms with E-state index in [9.17, 15) is 4.79 Å². The minimum Gasteiger partial charge on any atom is -0.321 e. The highest BCUT2D eigenvalue weighted by atomic mass is 16.1. The van der Waals surface area contributed by atoms with Gasteiger partial charge in [0, 0.05) is 23.7 Å². The molecule has 0 bridgehead atoms. The summed E-state index contributed by atoms with van der Waals surface area (Å²) in [7, 11) is 0. The van der Waals surface area contributed by atoms with Crippen LogP contribution < -0.4 is 10.6 Å². The van der Waals surface area contributed by atoms with Crippen molar-refractivity contribution in [1.82, 2.24) is 10.3 Å². The number of hydrogen-bond donors (Lipinski definition) is 2. The molecule has 2 aromatic rings. The number of amides is 1. The summed E-state index contributed by atoms with van der Waals surface area (Å²) in [4.78, 5) is 16.4. The summed E-state index contributed by atoms with van der Waals surface area (Å²) in [6.45, 7) is 1.16. The molecule has 2 atom stereocenters. The Balaban J connectivity index is 1.39. The number of anilines is 1. The number of nitrogens with one attached hydrogen (secondary N) is 2. The van der Waals surface area contributed by atoms with Gasteiger partial charge in [-0.2, -0.15) is 0 Å². The standard InChI is InChI=1S/C19H21N3O/c23-19(22-16-5-2-8-20-12-16)15-4-1-3-14(9-15)17-10-18(17)21-11-13-6-7-13/h1-5,8-9,12-13,17-18,21H,6-7,10-11H2,(H,22,23)/t17-,18+/m0/s1. The molecule has 0 radical (unpaired) electrons. The Hall–Kier alpha value is -2.20. The minimum atomic E-state index is -0.0806. The molecule has 4 rings (SSSR count). The monoisotopic (exact) mass is 307 g/mol. The summed E-state index contributed by atoms with van der Waals surface area (Å²) < 4.78 is 0. The van der Waals surface area contributed by atoms with E-state index >= 15 is 0 Å². The van der Waals surface area contributed by atoms with Crippen molar-refractivity contribution >= 4 is 11.6 Å². The molecular weight excluding hydrogens is 286 g/mol. The van der Waals surface area contributed by atoms with Crippen molar-refractivity contribution in [2.45, 2.75) is 31.2 Å². The van der Waals surface area contributed by atoms with Crippen LogP contribution in [0.2, 0.25) is 0 Å². The van der Waals surface area contributed by atoms with Crippen molar-refractivity contribution in [2.75, 3.05) is 11.9 Å². The average Bonchev–Trinajstić information content (AvgIpc) is 3.48. The van der Waals surface area contributed by atoms with Gasteiger partial charge in [-0.1, -0.05) is 12.1 Å². The maximum Gasteiger partial charge on any atom is 0.255 e. The molecule has 1 aromatic heterocycles. The number of aromatic nitrogens is 1. The van der Waals surface area contributed by atoms with Crippen LogP contribution in [-0.2, 0) is 0 Å². The van der Waals surface area contributed by atoms with Crippen LogP contribution in [0.5, 0.6) is 0 Å². The van der Waals surface area contributed by atoms with E-state index in [1.54, 1.807) is 12.4 Å². The molecule has 2 N–H and O–H groups in total. The van der Waals surface area contributed by atoms with Crippen molar-refractivity contribution in [3.63, 3.8) is 0 Å². The fraction of sp³-hybridized carbons (Fsp3) is 0.368. The summed E-state index contributed by atoms with van der Waals surface area (Å²) in [5.74, 6) is 1.38. The molecule has 1 aromatic carbocycles. The fourth-order valence-corrected chi connectivity index (χ4v) is 2.98. The van der Waals surface area contributed by atoms with E-state index in [0.29, 0.717) is 17.5 Å². The highest BCUT2D eigenvalue weighted by molar-refractivity contribution is 6.04. The largest absolute Gasteiger partial charge is 0.321 e. The van der Waals surface area contributed by atoms with Crippen LogP contribution in [0.3, 0.4) is 0 Å². The second-order valence-corrected chi connectivity index (χ2v) is 6.62. The molecule has 23 heavy (non-hydrogen) atoms. The normalized spacial score (nSPS) is 22.6. The summed E-state index contributed by atoms with van der Waals surface area (Å²) >= 11 is 0. The lowest BCUT2D eigenvalue weighted by Crippen LogP contribution is -2.20. The van der Waals surface area contributed by atoms with Crippen LogP contribution in [0, 0.1) is 5.92 Å². The van der Waals surface area contributed by atoms with Crippen molar-refractivity contribution in [1.29, 1.82) is 0 Å². The highest BCUT2D eigenvalue weighted by Crippen LogP contribution is 2.41. The van der Waals surface area contributed by atoms with E-state index in [-0.39, 0.29) is 5.91 Å². The zero-order chi connectivity index (χ0) is 15.6. The molecule has 2 saturated carbocycles. The van der Waals surface area contributed by atoms with Gasteiger partial charge in [-0.05, 0) is 61.6 Å². The molecule has 118 valence electrons. The third-order valence-corrected chi connectivity index (χ3v) is 4.65. The highest BCUT2D eigenvalue weighted by Gasteiger charge is 2.39. The Morgan fingerprint density at radius 3 is 2.91 bits per heavy atom. The summed E-state index contributed by atoms with van der Waals surface area (Å²) in [5, 5.41) is 6.53. The molecular formula is C19H21N3O. The maximum absolute atomic E-state index is 12.4. The summed E-state index contributed by atoms with van der Waals surface area (Å²) in [6.07, 6.45) is 7.29. The fourth-order valence-electron chi connectivity index (χ4n) is 2.98. The lowest BCUT2D eigenvalue weighted by Gasteiger charge is -2.07. The average molecular weight is 307 g/mol. The van der Waals surface area contributed by atoms with Gasteiger partial charge in [-0.25, -0.2) is 0 Å². The van der Waals surface area contributed by atoms with Gasteiger partial charge in [0.05, 0.1) is 11.9 Å². The second-order valence-electron chi connectivity index (χ2n) is 6.62. The lowest BCUT2D eigenvalue weighted by atomic mass is 10.1. The van der Waals surface area contributed by atoms with Gasteiger partial charge in [0.15, 0.2) is 0 Å². The van der Waals surface area contributed by atoms with Gasteiger partial charge in [0.2, 0.25) is 0 Å². The van der Waals surface area contributed by atoms with Crippen molar-refractivity contribution in [3.05, 3.63) is 59.9 Å². The number of pyridine rings is 1. The molecule has 2 aliphatic carbocycles. The van der Waals surface area contributed by atoms with Crippen LogP contribution in [-0.4, -0.2) is 23.5 Å². The Labute approximate surface area is 136 Å². The van der Waals surface area contributed by atoms with E-state index in [1.165, 1.54) is 24.8 Å². The summed E-state index contributed by atoms with van der Waals surface area (Å²) in [6, 6.07) is 12.2. The first kappa shape index (κ1) is 14.4. The maximum atomic E-state index is 12.4. The Kier molecular flexibility index (Phi) is 3.83. The van der Waals surface area contributed by atoms with Gasteiger partial charge >= 0.3 is 0 Å². The smallest absolute Gasteiger partial charge is 0.255 e. The Bertz CT molecular complexity index is 697. The van der Waals surface area contributed by atoms with Crippen molar-refractivity contribution in [3.8, 4) is 0 Å². The van der Waals surface area contributed by atoms with E-state index in [4.69, 9.17) is 0 Å². The molecule has 2 aliphatic rings. The number of benzene rings is 1. The van der Waals surface area contributed by atoms with Gasteiger partial charge in [0.25, 0.3) is 5.91 Å². The molecule has 0 saturated heterocycles. The van der Waals surface area contributed by atoms with Crippen LogP contribution in [0.1, 0.15) is 41.1 Å². The Morgan fingerprint density at radius 2 is 2.13 bits per heavy atom. The molecule has 1 amide bonds. The quantitative estimate of drug-likeness (QED) is 0.862. The van der Waals surface area contributed by atoms with E-state index in [0.717, 1.165) is 18.2 Å².